The van der Waals surface area contributed by atoms with Crippen molar-refractivity contribution in [3.8, 4) is 0 Å². The van der Waals surface area contributed by atoms with E-state index in [0.29, 0.717) is 13.0 Å². The van der Waals surface area contributed by atoms with Gasteiger partial charge in [0.25, 0.3) is 5.69 Å². The van der Waals surface area contributed by atoms with E-state index in [-0.39, 0.29) is 21.6 Å². The van der Waals surface area contributed by atoms with E-state index >= 15 is 0 Å². The van der Waals surface area contributed by atoms with Gasteiger partial charge >= 0.3 is 0 Å². The van der Waals surface area contributed by atoms with E-state index in [1.807, 2.05) is 0 Å². The van der Waals surface area contributed by atoms with Crippen LogP contribution in [0.4, 0.5) is 5.69 Å². The molecule has 0 radical (unpaired) electrons. The molecular weight excluding hydrogens is 294 g/mol. The maximum Gasteiger partial charge on any atom is 0.271 e. The first kappa shape index (κ1) is 14.2. The summed E-state index contributed by atoms with van der Waals surface area (Å²) in [4.78, 5) is 9.79. The molecule has 1 aliphatic rings. The fraction of sp³-hybridized carbons (Fsp3) is 0.400. The first-order valence-electron chi connectivity index (χ1n) is 5.57. The number of nitrogens with zero attached hydrogens (tertiary/aromatic N) is 1. The summed E-state index contributed by atoms with van der Waals surface area (Å²) in [5.41, 5.74) is -0.244. The van der Waals surface area contributed by atoms with Crippen LogP contribution in [0.2, 0.25) is 5.02 Å². The minimum atomic E-state index is -3.76. The van der Waals surface area contributed by atoms with Gasteiger partial charge in [-0.1, -0.05) is 11.6 Å². The van der Waals surface area contributed by atoms with Crippen molar-refractivity contribution in [1.29, 1.82) is 0 Å². The van der Waals surface area contributed by atoms with Crippen LogP contribution < -0.4 is 10.0 Å². The Morgan fingerprint density at radius 2 is 2.21 bits per heavy atom. The fourth-order valence-corrected chi connectivity index (χ4v) is 3.67. The molecule has 0 spiro atoms. The molecule has 104 valence electrons. The van der Waals surface area contributed by atoms with Crippen molar-refractivity contribution in [2.45, 2.75) is 17.4 Å². The first-order valence-corrected chi connectivity index (χ1v) is 7.43. The van der Waals surface area contributed by atoms with E-state index in [4.69, 9.17) is 11.6 Å². The lowest BCUT2D eigenvalue weighted by Gasteiger charge is -2.12. The molecule has 0 amide bonds. The second kappa shape index (κ2) is 5.41. The highest BCUT2D eigenvalue weighted by atomic mass is 35.5. The van der Waals surface area contributed by atoms with Gasteiger partial charge in [0.05, 0.1) is 9.95 Å². The van der Waals surface area contributed by atoms with Gasteiger partial charge in [-0.05, 0) is 19.0 Å². The molecule has 1 atom stereocenters. The molecule has 1 aromatic rings. The van der Waals surface area contributed by atoms with Gasteiger partial charge in [-0.2, -0.15) is 0 Å². The summed E-state index contributed by atoms with van der Waals surface area (Å²) in [5, 5.41) is 13.4. The van der Waals surface area contributed by atoms with Gasteiger partial charge in [-0.15, -0.1) is 0 Å². The third-order valence-corrected chi connectivity index (χ3v) is 4.80. The molecule has 0 bridgehead atoms. The maximum absolute atomic E-state index is 12.1. The molecule has 1 heterocycles. The highest BCUT2D eigenvalue weighted by Crippen LogP contribution is 2.26. The SMILES string of the molecule is O=[N+]([O-])c1ccc(S(=O)(=O)N[C@H]2CCNC2)c(Cl)c1. The molecule has 1 aliphatic heterocycles. The van der Waals surface area contributed by atoms with E-state index in [9.17, 15) is 18.5 Å². The molecule has 1 fully saturated rings. The zero-order valence-corrected chi connectivity index (χ0v) is 11.4. The molecule has 0 saturated carbocycles. The van der Waals surface area contributed by atoms with E-state index in [2.05, 4.69) is 10.0 Å². The predicted molar refractivity (Wildman–Crippen MR) is 69.7 cm³/mol. The standard InChI is InChI=1S/C10H12ClN3O4S/c11-9-5-8(14(15)16)1-2-10(9)19(17,18)13-7-3-4-12-6-7/h1-2,5,7,12-13H,3-4,6H2/t7-/m0/s1. The molecule has 1 aromatic carbocycles. The molecule has 2 rings (SSSR count). The molecule has 1 saturated heterocycles. The Morgan fingerprint density at radius 3 is 2.74 bits per heavy atom. The highest BCUT2D eigenvalue weighted by molar-refractivity contribution is 7.89. The van der Waals surface area contributed by atoms with E-state index in [1.165, 1.54) is 0 Å². The Morgan fingerprint density at radius 1 is 1.47 bits per heavy atom. The smallest absolute Gasteiger partial charge is 0.271 e. The topological polar surface area (TPSA) is 101 Å². The lowest BCUT2D eigenvalue weighted by atomic mass is 10.3. The van der Waals surface area contributed by atoms with E-state index in [1.54, 1.807) is 0 Å². The van der Waals surface area contributed by atoms with Crippen molar-refractivity contribution in [2.24, 2.45) is 0 Å². The van der Waals surface area contributed by atoms with Crippen molar-refractivity contribution in [2.75, 3.05) is 13.1 Å². The highest BCUT2D eigenvalue weighted by Gasteiger charge is 2.25. The number of halogens is 1. The number of rotatable bonds is 4. The number of nitro groups is 1. The number of non-ortho nitro benzene ring substituents is 1. The minimum absolute atomic E-state index is 0.147. The van der Waals surface area contributed by atoms with Crippen molar-refractivity contribution >= 4 is 27.3 Å². The Balaban J connectivity index is 2.27. The number of hydrogen-bond acceptors (Lipinski definition) is 5. The summed E-state index contributed by atoms with van der Waals surface area (Å²) in [6, 6.07) is 3.11. The zero-order valence-electron chi connectivity index (χ0n) is 9.80. The lowest BCUT2D eigenvalue weighted by Crippen LogP contribution is -2.36. The number of hydrogen-bond donors (Lipinski definition) is 2. The molecule has 19 heavy (non-hydrogen) atoms. The summed E-state index contributed by atoms with van der Waals surface area (Å²) >= 11 is 5.80. The van der Waals surface area contributed by atoms with Gasteiger partial charge in [-0.3, -0.25) is 10.1 Å². The summed E-state index contributed by atoms with van der Waals surface area (Å²) < 4.78 is 26.7. The molecule has 0 unspecified atom stereocenters. The summed E-state index contributed by atoms with van der Waals surface area (Å²) in [6.45, 7) is 1.31. The molecular formula is C10H12ClN3O4S. The average Bonchev–Trinajstić information content (AvgIpc) is 2.80. The molecule has 2 N–H and O–H groups in total. The maximum atomic E-state index is 12.1. The number of sulfonamides is 1. The van der Waals surface area contributed by atoms with Crippen molar-refractivity contribution in [3.05, 3.63) is 33.3 Å². The van der Waals surface area contributed by atoms with Crippen LogP contribution in [-0.4, -0.2) is 32.5 Å². The number of nitrogens with one attached hydrogen (secondary N) is 2. The van der Waals surface area contributed by atoms with Crippen LogP contribution in [0.15, 0.2) is 23.1 Å². The molecule has 9 heteroatoms. The summed E-state index contributed by atoms with van der Waals surface area (Å²) in [7, 11) is -3.76. The van der Waals surface area contributed by atoms with Crippen LogP contribution in [0.3, 0.4) is 0 Å². The average molecular weight is 306 g/mol. The van der Waals surface area contributed by atoms with Crippen LogP contribution >= 0.6 is 11.6 Å². The van der Waals surface area contributed by atoms with Crippen LogP contribution in [0.5, 0.6) is 0 Å². The summed E-state index contributed by atoms with van der Waals surface area (Å²) in [6.07, 6.45) is 0.698. The van der Waals surface area contributed by atoms with Crippen LogP contribution in [-0.2, 0) is 10.0 Å². The van der Waals surface area contributed by atoms with Gasteiger partial charge in [-0.25, -0.2) is 13.1 Å². The second-order valence-electron chi connectivity index (χ2n) is 4.18. The Hall–Kier alpha value is -1.22. The van der Waals surface area contributed by atoms with Gasteiger partial charge in [0.2, 0.25) is 10.0 Å². The Labute approximate surface area is 115 Å². The van der Waals surface area contributed by atoms with Gasteiger partial charge in [0.15, 0.2) is 0 Å². The van der Waals surface area contributed by atoms with Crippen molar-refractivity contribution in [3.63, 3.8) is 0 Å². The lowest BCUT2D eigenvalue weighted by molar-refractivity contribution is -0.384. The van der Waals surface area contributed by atoms with Gasteiger partial charge in [0.1, 0.15) is 4.90 Å². The Bertz CT molecular complexity index is 599. The van der Waals surface area contributed by atoms with Gasteiger partial charge < -0.3 is 5.32 Å². The molecule has 0 aliphatic carbocycles. The third-order valence-electron chi connectivity index (χ3n) is 2.80. The van der Waals surface area contributed by atoms with Crippen LogP contribution in [0.1, 0.15) is 6.42 Å². The van der Waals surface area contributed by atoms with Crippen LogP contribution in [0.25, 0.3) is 0 Å². The number of benzene rings is 1. The zero-order chi connectivity index (χ0) is 14.0. The molecule has 7 nitrogen and oxygen atoms in total. The molecule has 0 aromatic heterocycles. The van der Waals surface area contributed by atoms with Crippen molar-refractivity contribution < 1.29 is 13.3 Å². The predicted octanol–water partition coefficient (Wildman–Crippen LogP) is 0.888. The largest absolute Gasteiger partial charge is 0.315 e. The van der Waals surface area contributed by atoms with E-state index < -0.39 is 14.9 Å². The summed E-state index contributed by atoms with van der Waals surface area (Å²) in [5.74, 6) is 0. The van der Waals surface area contributed by atoms with Gasteiger partial charge in [0, 0.05) is 24.7 Å². The third kappa shape index (κ3) is 3.21. The normalized spacial score (nSPS) is 19.5. The van der Waals surface area contributed by atoms with Crippen molar-refractivity contribution in [1.82, 2.24) is 10.0 Å². The quantitative estimate of drug-likeness (QED) is 0.635. The fourth-order valence-electron chi connectivity index (χ4n) is 1.86. The Kier molecular flexibility index (Phi) is 4.04. The minimum Gasteiger partial charge on any atom is -0.315 e. The second-order valence-corrected chi connectivity index (χ2v) is 6.27. The monoisotopic (exact) mass is 305 g/mol. The van der Waals surface area contributed by atoms with E-state index in [0.717, 1.165) is 24.7 Å². The first-order chi connectivity index (χ1) is 8.90. The van der Waals surface area contributed by atoms with Crippen LogP contribution in [0, 0.1) is 10.1 Å². The number of nitro benzene ring substituents is 1.